The average Bonchev–Trinajstić information content (AvgIpc) is 2.49. The quantitative estimate of drug-likeness (QED) is 0.649. The topological polar surface area (TPSA) is 105 Å². The minimum Gasteiger partial charge on any atom is -0.392 e. The van der Waals surface area contributed by atoms with E-state index in [1.54, 1.807) is 25.1 Å². The van der Waals surface area contributed by atoms with Gasteiger partial charge in [-0.25, -0.2) is 0 Å². The number of aromatic nitrogens is 1. The molecule has 2 rings (SSSR count). The van der Waals surface area contributed by atoms with Crippen LogP contribution in [0.1, 0.15) is 16.7 Å². The van der Waals surface area contributed by atoms with Crippen molar-refractivity contribution < 1.29 is 14.8 Å². The van der Waals surface area contributed by atoms with Gasteiger partial charge in [0, 0.05) is 23.4 Å². The maximum absolute atomic E-state index is 12.1. The normalized spacial score (nSPS) is 10.3. The number of nitrogens with zero attached hydrogens (tertiary/aromatic N) is 2. The minimum absolute atomic E-state index is 0.00722. The second-order valence-corrected chi connectivity index (χ2v) is 4.73. The van der Waals surface area contributed by atoms with Crippen LogP contribution >= 0.6 is 0 Å². The van der Waals surface area contributed by atoms with E-state index in [9.17, 15) is 20.0 Å². The number of aliphatic hydroxyl groups is 1. The lowest BCUT2D eigenvalue weighted by Gasteiger charge is -2.10. The first-order valence-electron chi connectivity index (χ1n) is 6.59. The fourth-order valence-electron chi connectivity index (χ4n) is 2.10. The molecule has 1 aromatic heterocycles. The molecule has 0 radical (unpaired) electrons. The summed E-state index contributed by atoms with van der Waals surface area (Å²) < 4.78 is 0. The lowest BCUT2D eigenvalue weighted by molar-refractivity contribution is -0.385. The van der Waals surface area contributed by atoms with Gasteiger partial charge in [0.2, 0.25) is 5.91 Å². The lowest BCUT2D eigenvalue weighted by Crippen LogP contribution is -2.16. The van der Waals surface area contributed by atoms with Crippen molar-refractivity contribution in [3.63, 3.8) is 0 Å². The molecule has 0 fully saturated rings. The number of nitro benzene ring substituents is 1. The van der Waals surface area contributed by atoms with Crippen LogP contribution in [0.5, 0.6) is 0 Å². The number of anilines is 1. The highest BCUT2D eigenvalue weighted by Crippen LogP contribution is 2.22. The summed E-state index contributed by atoms with van der Waals surface area (Å²) in [5.41, 5.74) is 2.03. The lowest BCUT2D eigenvalue weighted by atomic mass is 10.0. The van der Waals surface area contributed by atoms with Gasteiger partial charge in [-0.15, -0.1) is 0 Å². The van der Waals surface area contributed by atoms with Gasteiger partial charge in [0.15, 0.2) is 0 Å². The maximum atomic E-state index is 12.1. The van der Waals surface area contributed by atoms with Gasteiger partial charge in [0.05, 0.1) is 29.8 Å². The molecule has 1 aromatic carbocycles. The van der Waals surface area contributed by atoms with Crippen molar-refractivity contribution in [3.8, 4) is 0 Å². The third kappa shape index (κ3) is 3.44. The number of rotatable bonds is 5. The van der Waals surface area contributed by atoms with Crippen LogP contribution in [0.3, 0.4) is 0 Å². The van der Waals surface area contributed by atoms with Crippen molar-refractivity contribution in [2.24, 2.45) is 0 Å². The van der Waals surface area contributed by atoms with Crippen LogP contribution in [-0.2, 0) is 17.8 Å². The number of carbonyl (C=O) groups is 1. The van der Waals surface area contributed by atoms with Crippen LogP contribution in [0.2, 0.25) is 0 Å². The predicted octanol–water partition coefficient (Wildman–Crippen LogP) is 1.97. The molecule has 22 heavy (non-hydrogen) atoms. The highest BCUT2D eigenvalue weighted by atomic mass is 16.6. The molecule has 2 aromatic rings. The van der Waals surface area contributed by atoms with Crippen molar-refractivity contribution in [2.75, 3.05) is 5.32 Å². The molecule has 0 aliphatic heterocycles. The number of amides is 1. The Kier molecular flexibility index (Phi) is 4.80. The maximum Gasteiger partial charge on any atom is 0.272 e. The molecule has 0 saturated carbocycles. The molecule has 1 heterocycles. The molecule has 0 atom stereocenters. The number of nitro groups is 1. The Morgan fingerprint density at radius 3 is 2.82 bits per heavy atom. The standard InChI is InChI=1S/C15H15N3O4/c1-10-11(3-2-4-14(10)18(21)22)7-15(20)17-13-8-16-6-5-12(13)9-19/h2-6,8,19H,7,9H2,1H3,(H,17,20). The van der Waals surface area contributed by atoms with E-state index in [0.717, 1.165) is 0 Å². The third-order valence-electron chi connectivity index (χ3n) is 3.32. The zero-order valence-corrected chi connectivity index (χ0v) is 11.9. The van der Waals surface area contributed by atoms with E-state index in [1.807, 2.05) is 0 Å². The second-order valence-electron chi connectivity index (χ2n) is 4.73. The van der Waals surface area contributed by atoms with Gasteiger partial charge in [-0.05, 0) is 18.6 Å². The summed E-state index contributed by atoms with van der Waals surface area (Å²) in [6.07, 6.45) is 2.98. The van der Waals surface area contributed by atoms with E-state index in [1.165, 1.54) is 18.5 Å². The van der Waals surface area contributed by atoms with Crippen molar-refractivity contribution in [1.82, 2.24) is 4.98 Å². The van der Waals surface area contributed by atoms with Crippen LogP contribution in [-0.4, -0.2) is 20.9 Å². The van der Waals surface area contributed by atoms with Gasteiger partial charge < -0.3 is 10.4 Å². The summed E-state index contributed by atoms with van der Waals surface area (Å²) in [5.74, 6) is -0.328. The minimum atomic E-state index is -0.471. The van der Waals surface area contributed by atoms with Crippen LogP contribution < -0.4 is 5.32 Å². The van der Waals surface area contributed by atoms with Crippen molar-refractivity contribution in [2.45, 2.75) is 20.0 Å². The summed E-state index contributed by atoms with van der Waals surface area (Å²) >= 11 is 0. The fraction of sp³-hybridized carbons (Fsp3) is 0.200. The van der Waals surface area contributed by atoms with Crippen LogP contribution in [0, 0.1) is 17.0 Å². The summed E-state index contributed by atoms with van der Waals surface area (Å²) in [7, 11) is 0. The number of benzene rings is 1. The number of hydrogen-bond acceptors (Lipinski definition) is 5. The third-order valence-corrected chi connectivity index (χ3v) is 3.32. The number of aliphatic hydroxyl groups excluding tert-OH is 1. The van der Waals surface area contributed by atoms with Gasteiger partial charge in [0.25, 0.3) is 5.69 Å². The Labute approximate surface area is 126 Å². The summed E-state index contributed by atoms with van der Waals surface area (Å²) in [6, 6.07) is 6.24. The molecule has 2 N–H and O–H groups in total. The molecule has 0 unspecified atom stereocenters. The molecule has 0 bridgehead atoms. The van der Waals surface area contributed by atoms with Crippen LogP contribution in [0.15, 0.2) is 36.7 Å². The summed E-state index contributed by atoms with van der Waals surface area (Å²) in [6.45, 7) is 1.40. The Hall–Kier alpha value is -2.80. The zero-order chi connectivity index (χ0) is 16.1. The van der Waals surface area contributed by atoms with Crippen LogP contribution in [0.4, 0.5) is 11.4 Å². The molecule has 1 amide bonds. The largest absolute Gasteiger partial charge is 0.392 e. The van der Waals surface area contributed by atoms with Crippen molar-refractivity contribution >= 4 is 17.3 Å². The fourth-order valence-corrected chi connectivity index (χ4v) is 2.10. The Balaban J connectivity index is 2.16. The SMILES string of the molecule is Cc1c(CC(=O)Nc2cnccc2CO)cccc1[N+](=O)[O-]. The number of carbonyl (C=O) groups excluding carboxylic acids is 1. The van der Waals surface area contributed by atoms with Gasteiger partial charge in [-0.3, -0.25) is 19.9 Å². The molecule has 0 aliphatic carbocycles. The monoisotopic (exact) mass is 301 g/mol. The second kappa shape index (κ2) is 6.77. The Morgan fingerprint density at radius 1 is 1.36 bits per heavy atom. The van der Waals surface area contributed by atoms with Gasteiger partial charge in [-0.1, -0.05) is 12.1 Å². The Bertz CT molecular complexity index is 716. The summed E-state index contributed by atoms with van der Waals surface area (Å²) in [4.78, 5) is 26.4. The van der Waals surface area contributed by atoms with Gasteiger partial charge >= 0.3 is 0 Å². The number of hydrogen-bond donors (Lipinski definition) is 2. The molecule has 7 nitrogen and oxygen atoms in total. The first kappa shape index (κ1) is 15.6. The van der Waals surface area contributed by atoms with E-state index >= 15 is 0 Å². The average molecular weight is 301 g/mol. The first-order valence-corrected chi connectivity index (χ1v) is 6.59. The number of pyridine rings is 1. The van der Waals surface area contributed by atoms with E-state index in [4.69, 9.17) is 0 Å². The van der Waals surface area contributed by atoms with E-state index in [0.29, 0.717) is 22.4 Å². The predicted molar refractivity (Wildman–Crippen MR) is 80.3 cm³/mol. The molecule has 0 saturated heterocycles. The molecule has 0 aliphatic rings. The van der Waals surface area contributed by atoms with E-state index in [2.05, 4.69) is 10.3 Å². The van der Waals surface area contributed by atoms with Gasteiger partial charge in [0.1, 0.15) is 0 Å². The van der Waals surface area contributed by atoms with E-state index in [-0.39, 0.29) is 24.6 Å². The first-order chi connectivity index (χ1) is 10.5. The van der Waals surface area contributed by atoms with Gasteiger partial charge in [-0.2, -0.15) is 0 Å². The highest BCUT2D eigenvalue weighted by molar-refractivity contribution is 5.93. The Morgan fingerprint density at radius 2 is 2.14 bits per heavy atom. The molecular weight excluding hydrogens is 286 g/mol. The zero-order valence-electron chi connectivity index (χ0n) is 11.9. The molecule has 114 valence electrons. The van der Waals surface area contributed by atoms with Crippen LogP contribution in [0.25, 0.3) is 0 Å². The van der Waals surface area contributed by atoms with Crippen molar-refractivity contribution in [3.05, 3.63) is 63.5 Å². The number of nitrogens with one attached hydrogen (secondary N) is 1. The van der Waals surface area contributed by atoms with E-state index < -0.39 is 4.92 Å². The highest BCUT2D eigenvalue weighted by Gasteiger charge is 2.15. The molecule has 0 spiro atoms. The molecule has 7 heteroatoms. The smallest absolute Gasteiger partial charge is 0.272 e. The van der Waals surface area contributed by atoms with Crippen molar-refractivity contribution in [1.29, 1.82) is 0 Å². The molecular formula is C15H15N3O4. The summed E-state index contributed by atoms with van der Waals surface area (Å²) in [5, 5.41) is 22.8.